The summed E-state index contributed by atoms with van der Waals surface area (Å²) in [6.45, 7) is 4.71. The Balaban J connectivity index is 1.61. The second kappa shape index (κ2) is 3.57. The lowest BCUT2D eigenvalue weighted by Gasteiger charge is -2.21. The fourth-order valence-electron chi connectivity index (χ4n) is 3.25. The summed E-state index contributed by atoms with van der Waals surface area (Å²) >= 11 is 0. The van der Waals surface area contributed by atoms with E-state index in [1.807, 2.05) is 25.1 Å². The van der Waals surface area contributed by atoms with Crippen LogP contribution in [0.2, 0.25) is 0 Å². The van der Waals surface area contributed by atoms with Crippen LogP contribution in [0.25, 0.3) is 0 Å². The number of nitrogens with zero attached hydrogens (tertiary/aromatic N) is 1. The zero-order chi connectivity index (χ0) is 12.0. The van der Waals surface area contributed by atoms with Crippen molar-refractivity contribution in [3.05, 3.63) is 35.9 Å². The minimum Gasteiger partial charge on any atom is -0.481 e. The van der Waals surface area contributed by atoms with Gasteiger partial charge in [0.1, 0.15) is 0 Å². The van der Waals surface area contributed by atoms with E-state index in [0.717, 1.165) is 19.6 Å². The fourth-order valence-corrected chi connectivity index (χ4v) is 3.25. The summed E-state index contributed by atoms with van der Waals surface area (Å²) in [6, 6.07) is 10.4. The first-order valence-corrected chi connectivity index (χ1v) is 6.12. The van der Waals surface area contributed by atoms with Crippen molar-refractivity contribution >= 4 is 5.97 Å². The summed E-state index contributed by atoms with van der Waals surface area (Å²) < 4.78 is 0. The van der Waals surface area contributed by atoms with Crippen molar-refractivity contribution in [2.45, 2.75) is 13.5 Å². The number of carboxylic acid groups (broad SMARTS) is 1. The topological polar surface area (TPSA) is 40.5 Å². The highest BCUT2D eigenvalue weighted by atomic mass is 16.4. The zero-order valence-electron chi connectivity index (χ0n) is 9.97. The van der Waals surface area contributed by atoms with Crippen LogP contribution >= 0.6 is 0 Å². The molecule has 0 aromatic heterocycles. The highest BCUT2D eigenvalue weighted by Crippen LogP contribution is 2.62. The van der Waals surface area contributed by atoms with E-state index in [-0.39, 0.29) is 0 Å². The number of piperidine rings is 1. The van der Waals surface area contributed by atoms with Crippen molar-refractivity contribution in [3.63, 3.8) is 0 Å². The Kier molecular flexibility index (Phi) is 2.26. The van der Waals surface area contributed by atoms with Crippen molar-refractivity contribution in [2.75, 3.05) is 13.1 Å². The SMILES string of the molecule is CC1(C(=O)O)C2CN(Cc3ccccc3)CC21. The molecule has 0 spiro atoms. The van der Waals surface area contributed by atoms with Crippen molar-refractivity contribution in [1.82, 2.24) is 4.90 Å². The number of hydrogen-bond donors (Lipinski definition) is 1. The Morgan fingerprint density at radius 1 is 1.35 bits per heavy atom. The molecule has 90 valence electrons. The highest BCUT2D eigenvalue weighted by Gasteiger charge is 2.69. The maximum Gasteiger partial charge on any atom is 0.310 e. The minimum absolute atomic E-state index is 0.365. The maximum atomic E-state index is 11.1. The molecule has 0 amide bonds. The van der Waals surface area contributed by atoms with Gasteiger partial charge in [0, 0.05) is 19.6 Å². The highest BCUT2D eigenvalue weighted by molar-refractivity contribution is 5.79. The van der Waals surface area contributed by atoms with Crippen LogP contribution in [0, 0.1) is 17.3 Å². The lowest BCUT2D eigenvalue weighted by Crippen LogP contribution is -2.30. The largest absolute Gasteiger partial charge is 0.481 e. The van der Waals surface area contributed by atoms with Crippen LogP contribution in [-0.2, 0) is 11.3 Å². The molecule has 1 aliphatic heterocycles. The van der Waals surface area contributed by atoms with Crippen LogP contribution in [0.15, 0.2) is 30.3 Å². The second-order valence-corrected chi connectivity index (χ2v) is 5.48. The van der Waals surface area contributed by atoms with Gasteiger partial charge < -0.3 is 5.11 Å². The molecule has 1 aliphatic carbocycles. The molecule has 3 nitrogen and oxygen atoms in total. The first kappa shape index (κ1) is 10.8. The number of likely N-dealkylation sites (tertiary alicyclic amines) is 1. The summed E-state index contributed by atoms with van der Waals surface area (Å²) in [5, 5.41) is 9.18. The molecule has 2 aliphatic rings. The summed E-state index contributed by atoms with van der Waals surface area (Å²) in [5.74, 6) is 0.110. The molecule has 1 heterocycles. The molecule has 17 heavy (non-hydrogen) atoms. The van der Waals surface area contributed by atoms with E-state index in [0.29, 0.717) is 11.8 Å². The first-order chi connectivity index (χ1) is 8.12. The monoisotopic (exact) mass is 231 g/mol. The molecule has 1 N–H and O–H groups in total. The third-order valence-corrected chi connectivity index (χ3v) is 4.54. The average molecular weight is 231 g/mol. The van der Waals surface area contributed by atoms with Crippen molar-refractivity contribution in [2.24, 2.45) is 17.3 Å². The average Bonchev–Trinajstić information content (AvgIpc) is 2.72. The van der Waals surface area contributed by atoms with Gasteiger partial charge in [-0.1, -0.05) is 30.3 Å². The predicted octanol–water partition coefficient (Wildman–Crippen LogP) is 1.84. The lowest BCUT2D eigenvalue weighted by atomic mass is 10.0. The van der Waals surface area contributed by atoms with E-state index in [9.17, 15) is 9.90 Å². The second-order valence-electron chi connectivity index (χ2n) is 5.48. The number of carboxylic acids is 1. The van der Waals surface area contributed by atoms with Gasteiger partial charge in [0.25, 0.3) is 0 Å². The van der Waals surface area contributed by atoms with Crippen LogP contribution < -0.4 is 0 Å². The van der Waals surface area contributed by atoms with E-state index in [1.165, 1.54) is 5.56 Å². The van der Waals surface area contributed by atoms with Crippen LogP contribution in [0.3, 0.4) is 0 Å². The molecule has 1 saturated heterocycles. The normalized spacial score (nSPS) is 35.6. The van der Waals surface area contributed by atoms with Crippen molar-refractivity contribution < 1.29 is 9.90 Å². The van der Waals surface area contributed by atoms with Gasteiger partial charge in [-0.15, -0.1) is 0 Å². The minimum atomic E-state index is -0.619. The van der Waals surface area contributed by atoms with E-state index in [1.54, 1.807) is 0 Å². The van der Waals surface area contributed by atoms with E-state index in [4.69, 9.17) is 0 Å². The molecule has 0 radical (unpaired) electrons. The van der Waals surface area contributed by atoms with Gasteiger partial charge in [0.15, 0.2) is 0 Å². The Morgan fingerprint density at radius 2 is 1.94 bits per heavy atom. The van der Waals surface area contributed by atoms with Crippen LogP contribution in [-0.4, -0.2) is 29.1 Å². The van der Waals surface area contributed by atoms with Gasteiger partial charge >= 0.3 is 5.97 Å². The Bertz CT molecular complexity index is 431. The molecule has 0 bridgehead atoms. The molecule has 1 aromatic carbocycles. The fraction of sp³-hybridized carbons (Fsp3) is 0.500. The third kappa shape index (κ3) is 1.57. The summed E-state index contributed by atoms with van der Waals surface area (Å²) in [7, 11) is 0. The quantitative estimate of drug-likeness (QED) is 0.863. The van der Waals surface area contributed by atoms with Gasteiger partial charge in [0.2, 0.25) is 0 Å². The van der Waals surface area contributed by atoms with E-state index in [2.05, 4.69) is 17.0 Å². The summed E-state index contributed by atoms with van der Waals surface area (Å²) in [4.78, 5) is 13.5. The van der Waals surface area contributed by atoms with Gasteiger partial charge in [0.05, 0.1) is 5.41 Å². The summed E-state index contributed by atoms with van der Waals surface area (Å²) in [6.07, 6.45) is 0. The smallest absolute Gasteiger partial charge is 0.310 e. The third-order valence-electron chi connectivity index (χ3n) is 4.54. The van der Waals surface area contributed by atoms with Crippen LogP contribution in [0.4, 0.5) is 0 Å². The molecule has 1 saturated carbocycles. The Labute approximate surface area is 101 Å². The number of fused-ring (bicyclic) bond motifs is 1. The molecule has 3 rings (SSSR count). The molecule has 1 aromatic rings. The number of aliphatic carboxylic acids is 1. The molecular formula is C14H17NO2. The van der Waals surface area contributed by atoms with Crippen molar-refractivity contribution in [1.29, 1.82) is 0 Å². The van der Waals surface area contributed by atoms with Crippen molar-refractivity contribution in [3.8, 4) is 0 Å². The first-order valence-electron chi connectivity index (χ1n) is 6.12. The standard InChI is InChI=1S/C14H17NO2/c1-14(13(16)17)11-8-15(9-12(11)14)7-10-5-3-2-4-6-10/h2-6,11-12H,7-9H2,1H3,(H,16,17). The lowest BCUT2D eigenvalue weighted by molar-refractivity contribution is -0.144. The molecule has 3 heteroatoms. The number of carbonyl (C=O) groups is 1. The number of benzene rings is 1. The summed E-state index contributed by atoms with van der Waals surface area (Å²) in [5.41, 5.74) is 0.874. The molecule has 2 unspecified atom stereocenters. The molecular weight excluding hydrogens is 214 g/mol. The maximum absolute atomic E-state index is 11.1. The Morgan fingerprint density at radius 3 is 2.47 bits per heavy atom. The molecule has 2 atom stereocenters. The van der Waals surface area contributed by atoms with Crippen LogP contribution in [0.1, 0.15) is 12.5 Å². The number of hydrogen-bond acceptors (Lipinski definition) is 2. The van der Waals surface area contributed by atoms with E-state index < -0.39 is 11.4 Å². The van der Waals surface area contributed by atoms with Gasteiger partial charge in [-0.2, -0.15) is 0 Å². The zero-order valence-corrected chi connectivity index (χ0v) is 9.97. The number of rotatable bonds is 3. The molecule has 2 fully saturated rings. The van der Waals surface area contributed by atoms with Crippen LogP contribution in [0.5, 0.6) is 0 Å². The van der Waals surface area contributed by atoms with Gasteiger partial charge in [-0.25, -0.2) is 0 Å². The van der Waals surface area contributed by atoms with E-state index >= 15 is 0 Å². The Hall–Kier alpha value is -1.35. The van der Waals surface area contributed by atoms with Gasteiger partial charge in [-0.3, -0.25) is 9.69 Å². The predicted molar refractivity (Wildman–Crippen MR) is 64.4 cm³/mol. The van der Waals surface area contributed by atoms with Gasteiger partial charge in [-0.05, 0) is 24.3 Å².